The van der Waals surface area contributed by atoms with Gasteiger partial charge in [0.05, 0.1) is 6.61 Å². The summed E-state index contributed by atoms with van der Waals surface area (Å²) in [6, 6.07) is 9.96. The van der Waals surface area contributed by atoms with E-state index in [-0.39, 0.29) is 17.6 Å². The second-order valence-corrected chi connectivity index (χ2v) is 9.07. The summed E-state index contributed by atoms with van der Waals surface area (Å²) < 4.78 is 24.9. The van der Waals surface area contributed by atoms with Gasteiger partial charge in [-0.2, -0.15) is 0 Å². The highest BCUT2D eigenvalue weighted by Gasteiger charge is 2.67. The first kappa shape index (κ1) is 19.2. The second kappa shape index (κ2) is 6.88. The summed E-state index contributed by atoms with van der Waals surface area (Å²) in [5.74, 6) is -0.212. The molecule has 0 amide bonds. The number of benzene rings is 1. The maximum atomic E-state index is 13.6. The van der Waals surface area contributed by atoms with Crippen molar-refractivity contribution in [2.45, 2.75) is 63.2 Å². The molecule has 2 aliphatic heterocycles. The van der Waals surface area contributed by atoms with Gasteiger partial charge in [-0.3, -0.25) is 4.79 Å². The second-order valence-electron chi connectivity index (χ2n) is 9.07. The predicted molar refractivity (Wildman–Crippen MR) is 107 cm³/mol. The average Bonchev–Trinajstić information content (AvgIpc) is 3.32. The smallest absolute Gasteiger partial charge is 0.191 e. The third kappa shape index (κ3) is 3.12. The summed E-state index contributed by atoms with van der Waals surface area (Å²) in [4.78, 5) is 13.6. The minimum absolute atomic E-state index is 0.0757. The molecule has 3 fully saturated rings. The Bertz CT molecular complexity index is 831. The molecule has 2 saturated heterocycles. The molecule has 0 bridgehead atoms. The van der Waals surface area contributed by atoms with Crippen LogP contribution >= 0.6 is 0 Å². The van der Waals surface area contributed by atoms with Crippen molar-refractivity contribution >= 4 is 5.78 Å². The Morgan fingerprint density at radius 2 is 2.00 bits per heavy atom. The van der Waals surface area contributed by atoms with Crippen LogP contribution in [0.25, 0.3) is 0 Å². The minimum atomic E-state index is -0.987. The van der Waals surface area contributed by atoms with Crippen LogP contribution in [0.5, 0.6) is 0 Å². The molecule has 1 aromatic carbocycles. The number of fused-ring (bicyclic) bond motifs is 4. The molecule has 154 valence electrons. The van der Waals surface area contributed by atoms with Crippen molar-refractivity contribution in [2.75, 3.05) is 0 Å². The highest BCUT2D eigenvalue weighted by atomic mass is 16.8. The van der Waals surface area contributed by atoms with Gasteiger partial charge < -0.3 is 18.9 Å². The lowest BCUT2D eigenvalue weighted by atomic mass is 9.85. The summed E-state index contributed by atoms with van der Waals surface area (Å²) in [5, 5.41) is 0. The molecule has 2 heterocycles. The van der Waals surface area contributed by atoms with Gasteiger partial charge in [0, 0.05) is 5.92 Å². The first-order chi connectivity index (χ1) is 13.9. The van der Waals surface area contributed by atoms with E-state index in [0.717, 1.165) is 18.4 Å². The molecule has 4 aliphatic rings. The van der Waals surface area contributed by atoms with E-state index in [0.29, 0.717) is 12.5 Å². The molecule has 1 saturated carbocycles. The van der Waals surface area contributed by atoms with E-state index in [2.05, 4.69) is 12.7 Å². The molecule has 2 aliphatic carbocycles. The zero-order valence-corrected chi connectivity index (χ0v) is 17.0. The quantitative estimate of drug-likeness (QED) is 0.725. The Hall–Kier alpha value is -1.79. The highest BCUT2D eigenvalue weighted by molar-refractivity contribution is 5.89. The molecule has 0 unspecified atom stereocenters. The number of hydrogen-bond donors (Lipinski definition) is 0. The van der Waals surface area contributed by atoms with Crippen LogP contribution in [0.2, 0.25) is 0 Å². The largest absolute Gasteiger partial charge is 0.360 e. The van der Waals surface area contributed by atoms with Gasteiger partial charge in [0.25, 0.3) is 0 Å². The van der Waals surface area contributed by atoms with Crippen molar-refractivity contribution in [3.63, 3.8) is 0 Å². The maximum absolute atomic E-state index is 13.6. The number of carbonyl (C=O) groups excluding carboxylic acids is 1. The third-order valence-electron chi connectivity index (χ3n) is 6.72. The average molecular weight is 396 g/mol. The van der Waals surface area contributed by atoms with E-state index in [1.807, 2.05) is 56.3 Å². The fourth-order valence-corrected chi connectivity index (χ4v) is 5.30. The molecule has 0 radical (unpaired) electrons. The summed E-state index contributed by atoms with van der Waals surface area (Å²) in [6.07, 6.45) is 6.07. The van der Waals surface area contributed by atoms with Gasteiger partial charge in [-0.25, -0.2) is 0 Å². The lowest BCUT2D eigenvalue weighted by Crippen LogP contribution is -2.53. The lowest BCUT2D eigenvalue weighted by molar-refractivity contribution is -0.229. The lowest BCUT2D eigenvalue weighted by Gasteiger charge is -2.35. The number of rotatable bonds is 4. The molecule has 29 heavy (non-hydrogen) atoms. The molecule has 5 heteroatoms. The van der Waals surface area contributed by atoms with Crippen molar-refractivity contribution in [1.29, 1.82) is 0 Å². The van der Waals surface area contributed by atoms with Crippen molar-refractivity contribution in [3.05, 3.63) is 60.7 Å². The summed E-state index contributed by atoms with van der Waals surface area (Å²) in [6.45, 7) is 8.02. The zero-order valence-electron chi connectivity index (χ0n) is 17.0. The van der Waals surface area contributed by atoms with Gasteiger partial charge in [0.15, 0.2) is 29.6 Å². The van der Waals surface area contributed by atoms with Gasteiger partial charge in [-0.15, -0.1) is 6.58 Å². The van der Waals surface area contributed by atoms with Crippen molar-refractivity contribution in [3.8, 4) is 0 Å². The van der Waals surface area contributed by atoms with E-state index >= 15 is 0 Å². The normalized spacial score (nSPS) is 42.2. The van der Waals surface area contributed by atoms with Gasteiger partial charge in [-0.1, -0.05) is 48.6 Å². The number of hydrogen-bond acceptors (Lipinski definition) is 5. The van der Waals surface area contributed by atoms with E-state index in [9.17, 15) is 4.79 Å². The van der Waals surface area contributed by atoms with Crippen LogP contribution in [0, 0.1) is 17.8 Å². The van der Waals surface area contributed by atoms with Crippen LogP contribution in [0.3, 0.4) is 0 Å². The standard InChI is InChI=1S/C24H28O5/c1-4-15-12-17-10-11-24(26-14-16-8-6-5-7-9-16)20(19(25)18(17)13-15)27-22-21(24)28-23(2,3)29-22/h4-11,15,17-18,20-22H,1,12-14H2,2-3H3/t15-,17+,18-,20-,21+,22-,24-/m1/s1. The van der Waals surface area contributed by atoms with Crippen LogP contribution in [-0.2, 0) is 30.3 Å². The third-order valence-corrected chi connectivity index (χ3v) is 6.72. The topological polar surface area (TPSA) is 54.0 Å². The Morgan fingerprint density at radius 3 is 2.76 bits per heavy atom. The molecule has 0 spiro atoms. The molecule has 0 aromatic heterocycles. The molecule has 5 rings (SSSR count). The van der Waals surface area contributed by atoms with Crippen molar-refractivity contribution < 1.29 is 23.7 Å². The monoisotopic (exact) mass is 396 g/mol. The van der Waals surface area contributed by atoms with Crippen molar-refractivity contribution in [2.24, 2.45) is 17.8 Å². The Labute approximate surface area is 171 Å². The van der Waals surface area contributed by atoms with Crippen LogP contribution in [0.1, 0.15) is 32.3 Å². The fourth-order valence-electron chi connectivity index (χ4n) is 5.30. The number of carbonyl (C=O) groups is 1. The van der Waals surface area contributed by atoms with E-state index in [1.165, 1.54) is 0 Å². The van der Waals surface area contributed by atoms with E-state index < -0.39 is 29.9 Å². The van der Waals surface area contributed by atoms with Crippen LogP contribution in [-0.4, -0.2) is 35.7 Å². The molecule has 1 aromatic rings. The van der Waals surface area contributed by atoms with Gasteiger partial charge >= 0.3 is 0 Å². The summed E-state index contributed by atoms with van der Waals surface area (Å²) in [7, 11) is 0. The van der Waals surface area contributed by atoms with Crippen LogP contribution < -0.4 is 0 Å². The predicted octanol–water partition coefficient (Wildman–Crippen LogP) is 3.79. The number of allylic oxidation sites excluding steroid dienone is 2. The Balaban J connectivity index is 1.51. The first-order valence-electron chi connectivity index (χ1n) is 10.5. The van der Waals surface area contributed by atoms with Crippen molar-refractivity contribution in [1.82, 2.24) is 0 Å². The van der Waals surface area contributed by atoms with Crippen LogP contribution in [0.4, 0.5) is 0 Å². The molecule has 7 atom stereocenters. The summed E-state index contributed by atoms with van der Waals surface area (Å²) >= 11 is 0. The molecular formula is C24H28O5. The number of Topliss-reactive ketones (excluding diaryl/α,β-unsaturated/α-hetero) is 1. The zero-order chi connectivity index (χ0) is 20.2. The molecule has 0 N–H and O–H groups in total. The Kier molecular flexibility index (Phi) is 4.55. The number of ether oxygens (including phenoxy) is 4. The van der Waals surface area contributed by atoms with Gasteiger partial charge in [0.2, 0.25) is 0 Å². The van der Waals surface area contributed by atoms with E-state index in [1.54, 1.807) is 0 Å². The van der Waals surface area contributed by atoms with E-state index in [4.69, 9.17) is 18.9 Å². The SMILES string of the molecule is C=C[C@@H]1C[C@@H]2C=C[C@@]3(OCc4ccccc4)[C@H](O[C@@H]4OC(C)(C)O[C@@H]43)C(=O)[C@@H]2C1. The highest BCUT2D eigenvalue weighted by Crippen LogP contribution is 2.51. The fraction of sp³-hybridized carbons (Fsp3) is 0.542. The van der Waals surface area contributed by atoms with Gasteiger partial charge in [-0.05, 0) is 44.1 Å². The molecular weight excluding hydrogens is 368 g/mol. The van der Waals surface area contributed by atoms with Crippen LogP contribution in [0.15, 0.2) is 55.1 Å². The molecule has 5 nitrogen and oxygen atoms in total. The Morgan fingerprint density at radius 1 is 1.21 bits per heavy atom. The summed E-state index contributed by atoms with van der Waals surface area (Å²) in [5.41, 5.74) is 0.0543. The first-order valence-corrected chi connectivity index (χ1v) is 10.5. The van der Waals surface area contributed by atoms with Gasteiger partial charge in [0.1, 0.15) is 6.10 Å². The number of ketones is 1. The maximum Gasteiger partial charge on any atom is 0.191 e. The minimum Gasteiger partial charge on any atom is -0.360 e.